The number of amides is 3. The molecule has 45 heavy (non-hydrogen) atoms. The molecule has 3 amide bonds. The number of anilines is 1. The zero-order valence-corrected chi connectivity index (χ0v) is 25.8. The number of methoxy groups -OCH3 is 1. The van der Waals surface area contributed by atoms with Crippen LogP contribution in [0.15, 0.2) is 36.5 Å². The van der Waals surface area contributed by atoms with Crippen molar-refractivity contribution in [3.05, 3.63) is 64.6 Å². The Bertz CT molecular complexity index is 1600. The summed E-state index contributed by atoms with van der Waals surface area (Å²) in [4.78, 5) is 56.6. The Kier molecular flexibility index (Phi) is 10.4. The van der Waals surface area contributed by atoms with Gasteiger partial charge in [0.2, 0.25) is 11.7 Å². The highest BCUT2D eigenvalue weighted by Crippen LogP contribution is 2.34. The molecule has 0 spiro atoms. The van der Waals surface area contributed by atoms with Crippen molar-refractivity contribution in [2.75, 3.05) is 59.2 Å². The van der Waals surface area contributed by atoms with E-state index in [2.05, 4.69) is 10.3 Å². The van der Waals surface area contributed by atoms with Crippen molar-refractivity contribution < 1.29 is 37.8 Å². The number of nitrogens with zero attached hydrogens (tertiary/aromatic N) is 5. The SMILES string of the molecule is COc1ccc(-c2cnc(C(=O)Nc3ccc(C(=O)N4C[C@H]5CN(C(=O)CN(C)C)C[C@H]5C4)c(Cl)c3)n2C)c(F)c1F.O=CO. The van der Waals surface area contributed by atoms with E-state index in [-0.39, 0.29) is 58.0 Å². The van der Waals surface area contributed by atoms with E-state index in [0.29, 0.717) is 44.0 Å². The number of carboxylic acid groups (broad SMARTS) is 1. The molecule has 2 aliphatic heterocycles. The van der Waals surface area contributed by atoms with Gasteiger partial charge in [-0.15, -0.1) is 0 Å². The van der Waals surface area contributed by atoms with Crippen molar-refractivity contribution in [1.82, 2.24) is 24.3 Å². The van der Waals surface area contributed by atoms with Gasteiger partial charge in [0.25, 0.3) is 18.3 Å². The first-order chi connectivity index (χ1) is 21.4. The number of halogens is 3. The number of rotatable bonds is 7. The molecule has 2 saturated heterocycles. The fraction of sp³-hybridized carbons (Fsp3) is 0.367. The molecule has 3 aromatic rings. The first-order valence-corrected chi connectivity index (χ1v) is 14.2. The summed E-state index contributed by atoms with van der Waals surface area (Å²) in [5.74, 6) is -2.80. The molecular weight excluding hydrogens is 614 g/mol. The van der Waals surface area contributed by atoms with Crippen LogP contribution in [0, 0.1) is 23.5 Å². The number of hydrogen-bond donors (Lipinski definition) is 2. The van der Waals surface area contributed by atoms with Crippen molar-refractivity contribution in [1.29, 1.82) is 0 Å². The summed E-state index contributed by atoms with van der Waals surface area (Å²) in [7, 11) is 6.47. The summed E-state index contributed by atoms with van der Waals surface area (Å²) in [6.07, 6.45) is 1.27. The van der Waals surface area contributed by atoms with Gasteiger partial charge in [0, 0.05) is 56.3 Å². The van der Waals surface area contributed by atoms with Crippen molar-refractivity contribution in [3.63, 3.8) is 0 Å². The van der Waals surface area contributed by atoms with E-state index in [1.54, 1.807) is 17.0 Å². The monoisotopic (exact) mass is 646 g/mol. The maximum atomic E-state index is 14.6. The summed E-state index contributed by atoms with van der Waals surface area (Å²) in [6.45, 7) is 2.47. The number of imidazole rings is 1. The first-order valence-electron chi connectivity index (χ1n) is 13.8. The van der Waals surface area contributed by atoms with Crippen LogP contribution >= 0.6 is 11.6 Å². The molecular formula is C30H33ClF2N6O6. The van der Waals surface area contributed by atoms with Crippen LogP contribution in [0.2, 0.25) is 5.02 Å². The van der Waals surface area contributed by atoms with Gasteiger partial charge >= 0.3 is 0 Å². The van der Waals surface area contributed by atoms with Gasteiger partial charge in [-0.1, -0.05) is 11.6 Å². The molecule has 2 aliphatic rings. The van der Waals surface area contributed by atoms with E-state index in [4.69, 9.17) is 26.2 Å². The molecule has 3 heterocycles. The summed E-state index contributed by atoms with van der Waals surface area (Å²) < 4.78 is 35.0. The fourth-order valence-corrected chi connectivity index (χ4v) is 5.88. The number of nitrogens with one attached hydrogen (secondary N) is 1. The molecule has 5 rings (SSSR count). The normalized spacial score (nSPS) is 17.1. The minimum atomic E-state index is -1.14. The van der Waals surface area contributed by atoms with Gasteiger partial charge in [-0.05, 0) is 44.4 Å². The second kappa shape index (κ2) is 14.0. The van der Waals surface area contributed by atoms with Gasteiger partial charge in [-0.2, -0.15) is 4.39 Å². The van der Waals surface area contributed by atoms with E-state index >= 15 is 0 Å². The van der Waals surface area contributed by atoms with Gasteiger partial charge in [0.05, 0.1) is 36.1 Å². The maximum absolute atomic E-state index is 14.6. The van der Waals surface area contributed by atoms with Crippen LogP contribution in [0.5, 0.6) is 5.75 Å². The maximum Gasteiger partial charge on any atom is 0.291 e. The van der Waals surface area contributed by atoms with Crippen molar-refractivity contribution in [3.8, 4) is 17.0 Å². The number of likely N-dealkylation sites (tertiary alicyclic amines) is 2. The summed E-state index contributed by atoms with van der Waals surface area (Å²) in [5, 5.41) is 9.75. The zero-order valence-electron chi connectivity index (χ0n) is 25.1. The summed E-state index contributed by atoms with van der Waals surface area (Å²) >= 11 is 6.47. The fourth-order valence-electron chi connectivity index (χ4n) is 5.61. The van der Waals surface area contributed by atoms with E-state index in [9.17, 15) is 23.2 Å². The molecule has 0 radical (unpaired) electrons. The average Bonchev–Trinajstić information content (AvgIpc) is 3.68. The third-order valence-corrected chi connectivity index (χ3v) is 8.08. The van der Waals surface area contributed by atoms with Crippen LogP contribution in [0.4, 0.5) is 14.5 Å². The number of aromatic nitrogens is 2. The standard InChI is InChI=1S/C29H31ClF2N6O4.CH2O2/c1-35(2)15-24(39)37-11-16-13-38(14-17(16)12-37)29(41)19-6-5-18(9-21(19)30)34-28(40)27-33-10-22(36(27)3)20-7-8-23(42-4)26(32)25(20)31;2-1-3/h5-10,16-17H,11-15H2,1-4H3,(H,34,40);1H,(H,2,3)/t16-,17+;. The molecule has 0 saturated carbocycles. The number of carbonyl (C=O) groups is 4. The van der Waals surface area contributed by atoms with Gasteiger partial charge in [-0.3, -0.25) is 19.2 Å². The third kappa shape index (κ3) is 7.07. The van der Waals surface area contributed by atoms with E-state index in [0.717, 1.165) is 0 Å². The lowest BCUT2D eigenvalue weighted by Crippen LogP contribution is -2.39. The van der Waals surface area contributed by atoms with Crippen LogP contribution in [0.25, 0.3) is 11.3 Å². The number of ether oxygens (including phenoxy) is 1. The minimum Gasteiger partial charge on any atom is -0.494 e. The van der Waals surface area contributed by atoms with Crippen molar-refractivity contribution >= 4 is 41.5 Å². The third-order valence-electron chi connectivity index (χ3n) is 7.77. The lowest BCUT2D eigenvalue weighted by molar-refractivity contribution is -0.131. The zero-order chi connectivity index (χ0) is 33.0. The van der Waals surface area contributed by atoms with E-state index < -0.39 is 17.5 Å². The predicted octanol–water partition coefficient (Wildman–Crippen LogP) is 3.07. The van der Waals surface area contributed by atoms with Gasteiger partial charge in [0.15, 0.2) is 17.4 Å². The topological polar surface area (TPSA) is 137 Å². The van der Waals surface area contributed by atoms with Gasteiger partial charge < -0.3 is 34.4 Å². The molecule has 2 N–H and O–H groups in total. The van der Waals surface area contributed by atoms with Crippen LogP contribution in [0.1, 0.15) is 21.0 Å². The quantitative estimate of drug-likeness (QED) is 0.374. The Hall–Kier alpha value is -4.56. The number of fused-ring (bicyclic) bond motifs is 1. The molecule has 240 valence electrons. The number of hydrogen-bond acceptors (Lipinski definition) is 7. The van der Waals surface area contributed by atoms with E-state index in [1.807, 2.05) is 23.9 Å². The number of likely N-dealkylation sites (N-methyl/N-ethyl adjacent to an activating group) is 1. The summed E-state index contributed by atoms with van der Waals surface area (Å²) in [6, 6.07) is 7.24. The number of carbonyl (C=O) groups excluding carboxylic acids is 3. The van der Waals surface area contributed by atoms with Crippen LogP contribution in [-0.4, -0.2) is 107 Å². The molecule has 2 atom stereocenters. The van der Waals surface area contributed by atoms with Crippen molar-refractivity contribution in [2.45, 2.75) is 0 Å². The largest absolute Gasteiger partial charge is 0.494 e. The Morgan fingerprint density at radius 1 is 1.09 bits per heavy atom. The van der Waals surface area contributed by atoms with Crippen molar-refractivity contribution in [2.24, 2.45) is 18.9 Å². The predicted molar refractivity (Wildman–Crippen MR) is 161 cm³/mol. The molecule has 1 aromatic heterocycles. The molecule has 0 unspecified atom stereocenters. The molecule has 0 bridgehead atoms. The van der Waals surface area contributed by atoms with Gasteiger partial charge in [-0.25, -0.2) is 9.37 Å². The van der Waals surface area contributed by atoms with Crippen LogP contribution in [0.3, 0.4) is 0 Å². The second-order valence-corrected chi connectivity index (χ2v) is 11.4. The van der Waals surface area contributed by atoms with Gasteiger partial charge in [0.1, 0.15) is 0 Å². The smallest absolute Gasteiger partial charge is 0.291 e. The Balaban J connectivity index is 0.00000148. The lowest BCUT2D eigenvalue weighted by atomic mass is 10.0. The molecule has 2 aromatic carbocycles. The highest BCUT2D eigenvalue weighted by Gasteiger charge is 2.43. The molecule has 0 aliphatic carbocycles. The molecule has 15 heteroatoms. The highest BCUT2D eigenvalue weighted by molar-refractivity contribution is 6.34. The van der Waals surface area contributed by atoms with Crippen LogP contribution < -0.4 is 10.1 Å². The van der Waals surface area contributed by atoms with E-state index in [1.165, 1.54) is 43.1 Å². The average molecular weight is 647 g/mol. The van der Waals surface area contributed by atoms with Crippen LogP contribution in [-0.2, 0) is 16.6 Å². The first kappa shape index (κ1) is 33.3. The Labute approximate surface area is 263 Å². The second-order valence-electron chi connectivity index (χ2n) is 11.0. The lowest BCUT2D eigenvalue weighted by Gasteiger charge is -2.23. The Morgan fingerprint density at radius 2 is 1.71 bits per heavy atom. The summed E-state index contributed by atoms with van der Waals surface area (Å²) in [5.41, 5.74) is 0.763. The Morgan fingerprint density at radius 3 is 2.29 bits per heavy atom. The minimum absolute atomic E-state index is 0.0429. The molecule has 2 fully saturated rings. The molecule has 12 nitrogen and oxygen atoms in total. The number of benzene rings is 2. The highest BCUT2D eigenvalue weighted by atomic mass is 35.5.